The van der Waals surface area contributed by atoms with E-state index in [1.165, 1.54) is 54.5 Å². The van der Waals surface area contributed by atoms with Crippen LogP contribution < -0.4 is 15.5 Å². The van der Waals surface area contributed by atoms with Crippen LogP contribution in [0.15, 0.2) is 60.7 Å². The standard InChI is InChI=1S/C37H37F3N6O2/c1-3-34-43-31-20-28(29(37(38,39)40)21-33(31)45(34)2)26-11-7-12-32-27(26)16-18-46(32)36(48)23-14-15-30(24(19-23)22-41)44-35(47)13-8-17-42-25-9-5-4-6-10-25/h7-8,11-15,19-21,25,42H,3-6,9-10,16-18H2,1-2H3,(H,44,47)/b13-8+. The second-order valence-electron chi connectivity index (χ2n) is 12.3. The number of aryl methyl sites for hydroxylation is 2. The number of alkyl halides is 3. The van der Waals surface area contributed by atoms with Gasteiger partial charge in [-0.15, -0.1) is 0 Å². The Morgan fingerprint density at radius 2 is 1.88 bits per heavy atom. The summed E-state index contributed by atoms with van der Waals surface area (Å²) in [6.07, 6.45) is 5.49. The molecule has 0 atom stereocenters. The highest BCUT2D eigenvalue weighted by molar-refractivity contribution is 6.09. The topological polar surface area (TPSA) is 103 Å². The lowest BCUT2D eigenvalue weighted by Crippen LogP contribution is -2.31. The lowest BCUT2D eigenvalue weighted by atomic mass is 9.93. The van der Waals surface area contributed by atoms with Crippen molar-refractivity contribution in [2.45, 2.75) is 64.1 Å². The minimum atomic E-state index is -4.61. The number of aromatic nitrogens is 2. The smallest absolute Gasteiger partial charge is 0.331 e. The molecular formula is C37H37F3N6O2. The number of halogens is 3. The van der Waals surface area contributed by atoms with Crippen LogP contribution in [0.5, 0.6) is 0 Å². The predicted octanol–water partition coefficient (Wildman–Crippen LogP) is 7.31. The first-order valence-corrected chi connectivity index (χ1v) is 16.3. The molecule has 3 aromatic carbocycles. The fourth-order valence-electron chi connectivity index (χ4n) is 6.88. The van der Waals surface area contributed by atoms with Gasteiger partial charge in [0.1, 0.15) is 11.9 Å². The van der Waals surface area contributed by atoms with Gasteiger partial charge in [-0.3, -0.25) is 9.59 Å². The summed E-state index contributed by atoms with van der Waals surface area (Å²) in [6.45, 7) is 2.74. The van der Waals surface area contributed by atoms with Gasteiger partial charge in [0.2, 0.25) is 5.91 Å². The molecule has 0 spiro atoms. The van der Waals surface area contributed by atoms with Crippen LogP contribution in [0.4, 0.5) is 24.5 Å². The van der Waals surface area contributed by atoms with E-state index >= 15 is 0 Å². The molecule has 248 valence electrons. The lowest BCUT2D eigenvalue weighted by molar-refractivity contribution is -0.137. The first kappa shape index (κ1) is 33.0. The van der Waals surface area contributed by atoms with Crippen molar-refractivity contribution in [1.29, 1.82) is 5.26 Å². The van der Waals surface area contributed by atoms with E-state index < -0.39 is 17.6 Å². The summed E-state index contributed by atoms with van der Waals surface area (Å²) in [4.78, 5) is 32.4. The van der Waals surface area contributed by atoms with Gasteiger partial charge in [-0.05, 0) is 72.4 Å². The van der Waals surface area contributed by atoms with E-state index in [4.69, 9.17) is 0 Å². The van der Waals surface area contributed by atoms with E-state index in [0.717, 1.165) is 18.9 Å². The number of imidazole rings is 1. The Kier molecular flexibility index (Phi) is 9.38. The first-order chi connectivity index (χ1) is 23.1. The highest BCUT2D eigenvalue weighted by Gasteiger charge is 2.37. The fourth-order valence-corrected chi connectivity index (χ4v) is 6.88. The second kappa shape index (κ2) is 13.6. The van der Waals surface area contributed by atoms with Gasteiger partial charge >= 0.3 is 6.18 Å². The maximum atomic E-state index is 14.4. The van der Waals surface area contributed by atoms with Gasteiger partial charge in [0, 0.05) is 49.9 Å². The zero-order chi connectivity index (χ0) is 34.0. The molecule has 2 N–H and O–H groups in total. The number of fused-ring (bicyclic) bond motifs is 2. The van der Waals surface area contributed by atoms with Gasteiger partial charge in [-0.2, -0.15) is 18.4 Å². The van der Waals surface area contributed by atoms with Crippen molar-refractivity contribution in [3.63, 3.8) is 0 Å². The second-order valence-corrected chi connectivity index (χ2v) is 12.3. The van der Waals surface area contributed by atoms with E-state index in [1.54, 1.807) is 35.9 Å². The number of amides is 2. The van der Waals surface area contributed by atoms with Gasteiger partial charge < -0.3 is 20.1 Å². The number of carbonyl (C=O) groups is 2. The van der Waals surface area contributed by atoms with Crippen molar-refractivity contribution in [3.05, 3.63) is 88.8 Å². The minimum Gasteiger partial charge on any atom is -0.331 e. The summed E-state index contributed by atoms with van der Waals surface area (Å²) < 4.78 is 45.0. The maximum Gasteiger partial charge on any atom is 0.417 e. The number of rotatable bonds is 8. The van der Waals surface area contributed by atoms with Crippen LogP contribution in [0.3, 0.4) is 0 Å². The van der Waals surface area contributed by atoms with Crippen LogP contribution in [0.25, 0.3) is 22.2 Å². The Hall–Kier alpha value is -4.95. The maximum absolute atomic E-state index is 14.4. The van der Waals surface area contributed by atoms with E-state index in [2.05, 4.69) is 21.7 Å². The molecule has 0 saturated heterocycles. The summed E-state index contributed by atoms with van der Waals surface area (Å²) in [6, 6.07) is 14.7. The van der Waals surface area contributed by atoms with Crippen molar-refractivity contribution in [1.82, 2.24) is 14.9 Å². The van der Waals surface area contributed by atoms with Crippen molar-refractivity contribution in [3.8, 4) is 17.2 Å². The van der Waals surface area contributed by atoms with Gasteiger partial charge in [0.05, 0.1) is 27.8 Å². The number of nitriles is 1. The molecule has 1 aliphatic heterocycles. The summed E-state index contributed by atoms with van der Waals surface area (Å²) >= 11 is 0. The Morgan fingerprint density at radius 3 is 2.60 bits per heavy atom. The summed E-state index contributed by atoms with van der Waals surface area (Å²) in [7, 11) is 1.71. The number of nitrogens with zero attached hydrogens (tertiary/aromatic N) is 4. The molecule has 48 heavy (non-hydrogen) atoms. The molecule has 0 unspecified atom stereocenters. The number of hydrogen-bond donors (Lipinski definition) is 2. The Labute approximate surface area is 277 Å². The fraction of sp³-hybridized carbons (Fsp3) is 0.351. The minimum absolute atomic E-state index is 0.0209. The molecule has 1 aliphatic carbocycles. The Bertz CT molecular complexity index is 1950. The van der Waals surface area contributed by atoms with Crippen molar-refractivity contribution in [2.75, 3.05) is 23.3 Å². The van der Waals surface area contributed by atoms with Crippen LogP contribution in [-0.2, 0) is 30.9 Å². The zero-order valence-electron chi connectivity index (χ0n) is 27.0. The van der Waals surface area contributed by atoms with Gasteiger partial charge in [0.15, 0.2) is 0 Å². The van der Waals surface area contributed by atoms with Gasteiger partial charge in [-0.1, -0.05) is 44.4 Å². The molecule has 1 aromatic heterocycles. The molecule has 1 saturated carbocycles. The number of carbonyl (C=O) groups excluding carboxylic acids is 2. The van der Waals surface area contributed by atoms with E-state index in [9.17, 15) is 28.0 Å². The predicted molar refractivity (Wildman–Crippen MR) is 180 cm³/mol. The van der Waals surface area contributed by atoms with Crippen molar-refractivity contribution < 1.29 is 22.8 Å². The van der Waals surface area contributed by atoms with Crippen LogP contribution in [0, 0.1) is 11.3 Å². The molecule has 2 amide bonds. The highest BCUT2D eigenvalue weighted by Crippen LogP contribution is 2.44. The molecule has 8 nitrogen and oxygen atoms in total. The van der Waals surface area contributed by atoms with Crippen LogP contribution in [-0.4, -0.2) is 40.5 Å². The SMILES string of the molecule is CCc1nc2cc(-c3cccc4c3CCN4C(=O)c3ccc(NC(=O)/C=C/CNC4CCCCC4)c(C#N)c3)c(C(F)(F)F)cc2n1C. The number of hydrogen-bond acceptors (Lipinski definition) is 5. The van der Waals surface area contributed by atoms with Crippen LogP contribution in [0.1, 0.15) is 71.9 Å². The van der Waals surface area contributed by atoms with Crippen molar-refractivity contribution in [2.24, 2.45) is 7.05 Å². The van der Waals surface area contributed by atoms with Crippen LogP contribution in [0.2, 0.25) is 0 Å². The molecule has 2 heterocycles. The molecule has 11 heteroatoms. The monoisotopic (exact) mass is 654 g/mol. The molecule has 0 radical (unpaired) electrons. The largest absolute Gasteiger partial charge is 0.417 e. The summed E-state index contributed by atoms with van der Waals surface area (Å²) in [5.41, 5.74) is 2.33. The molecule has 1 fully saturated rings. The highest BCUT2D eigenvalue weighted by atomic mass is 19.4. The van der Waals surface area contributed by atoms with Crippen molar-refractivity contribution >= 4 is 34.2 Å². The normalized spacial score (nSPS) is 15.2. The average Bonchev–Trinajstić information content (AvgIpc) is 3.66. The third kappa shape index (κ3) is 6.58. The molecule has 2 aliphatic rings. The summed E-state index contributed by atoms with van der Waals surface area (Å²) in [5.74, 6) is -0.0888. The Morgan fingerprint density at radius 1 is 1.08 bits per heavy atom. The average molecular weight is 655 g/mol. The third-order valence-electron chi connectivity index (χ3n) is 9.34. The Balaban J connectivity index is 1.22. The van der Waals surface area contributed by atoms with E-state index in [0.29, 0.717) is 59.1 Å². The lowest BCUT2D eigenvalue weighted by Gasteiger charge is -2.21. The number of benzene rings is 3. The molecule has 0 bridgehead atoms. The van der Waals surface area contributed by atoms with Gasteiger partial charge in [-0.25, -0.2) is 4.98 Å². The third-order valence-corrected chi connectivity index (χ3v) is 9.34. The van der Waals surface area contributed by atoms with E-state index in [-0.39, 0.29) is 34.8 Å². The first-order valence-electron chi connectivity index (χ1n) is 16.3. The number of nitrogens with one attached hydrogen (secondary N) is 2. The molecule has 6 rings (SSSR count). The summed E-state index contributed by atoms with van der Waals surface area (Å²) in [5, 5.41) is 16.0. The van der Waals surface area contributed by atoms with Crippen LogP contribution >= 0.6 is 0 Å². The van der Waals surface area contributed by atoms with E-state index in [1.807, 2.05) is 6.92 Å². The van der Waals surface area contributed by atoms with Gasteiger partial charge in [0.25, 0.3) is 5.91 Å². The number of anilines is 2. The molecular weight excluding hydrogens is 617 g/mol. The molecule has 4 aromatic rings. The zero-order valence-corrected chi connectivity index (χ0v) is 27.0. The quantitative estimate of drug-likeness (QED) is 0.194.